The van der Waals surface area contributed by atoms with Gasteiger partial charge in [-0.3, -0.25) is 4.79 Å². The summed E-state index contributed by atoms with van der Waals surface area (Å²) in [5.74, 6) is -0.638. The third-order valence-electron chi connectivity index (χ3n) is 3.12. The van der Waals surface area contributed by atoms with Gasteiger partial charge in [0.1, 0.15) is 12.1 Å². The zero-order valence-corrected chi connectivity index (χ0v) is 11.3. The highest BCUT2D eigenvalue weighted by Crippen LogP contribution is 2.13. The molecule has 0 aromatic carbocycles. The summed E-state index contributed by atoms with van der Waals surface area (Å²) in [6, 6.07) is 0. The molecule has 0 aromatic heterocycles. The molecule has 2 unspecified atom stereocenters. The molecule has 2 atom stereocenters. The maximum atomic E-state index is 11.6. The molecule has 0 radical (unpaired) electrons. The number of hydrogen-bond acceptors (Lipinski definition) is 4. The first-order valence-electron chi connectivity index (χ1n) is 6.91. The molecule has 0 fully saturated rings. The van der Waals surface area contributed by atoms with E-state index in [2.05, 4.69) is 6.92 Å². The zero-order valence-electron chi connectivity index (χ0n) is 11.3. The predicted octanol–water partition coefficient (Wildman–Crippen LogP) is 1.86. The van der Waals surface area contributed by atoms with Gasteiger partial charge in [0.25, 0.3) is 0 Å². The highest BCUT2D eigenvalue weighted by molar-refractivity contribution is 5.81. The van der Waals surface area contributed by atoms with Crippen LogP contribution < -0.4 is 0 Å². The lowest BCUT2D eigenvalue weighted by Gasteiger charge is -2.15. The Bertz CT molecular complexity index is 228. The van der Waals surface area contributed by atoms with Crippen molar-refractivity contribution in [3.8, 4) is 0 Å². The van der Waals surface area contributed by atoms with Crippen molar-refractivity contribution in [2.45, 2.75) is 64.4 Å². The number of ketones is 1. The summed E-state index contributed by atoms with van der Waals surface area (Å²) in [6.07, 6.45) is 5.87. The number of aldehydes is 1. The number of rotatable bonds is 12. The van der Waals surface area contributed by atoms with E-state index in [9.17, 15) is 14.7 Å². The van der Waals surface area contributed by atoms with E-state index in [0.29, 0.717) is 12.7 Å². The number of Topliss-reactive ketones (excluding diaryl/α,β-unsaturated/α-hetero) is 1. The topological polar surface area (TPSA) is 74.6 Å². The Balaban J connectivity index is 3.79. The van der Waals surface area contributed by atoms with Gasteiger partial charge in [-0.2, -0.15) is 0 Å². The third-order valence-corrected chi connectivity index (χ3v) is 3.12. The van der Waals surface area contributed by atoms with Gasteiger partial charge in [-0.1, -0.05) is 32.6 Å². The molecule has 0 saturated carbocycles. The van der Waals surface area contributed by atoms with Crippen LogP contribution in [0, 0.1) is 5.92 Å². The number of hydrogen-bond donors (Lipinski definition) is 2. The molecule has 0 aliphatic rings. The van der Waals surface area contributed by atoms with Crippen molar-refractivity contribution >= 4 is 12.1 Å². The van der Waals surface area contributed by atoms with E-state index in [1.165, 1.54) is 12.8 Å². The maximum absolute atomic E-state index is 11.6. The van der Waals surface area contributed by atoms with Crippen molar-refractivity contribution in [1.82, 2.24) is 0 Å². The van der Waals surface area contributed by atoms with E-state index in [1.807, 2.05) is 0 Å². The number of carbonyl (C=O) groups excluding carboxylic acids is 2. The second kappa shape index (κ2) is 11.4. The van der Waals surface area contributed by atoms with Crippen molar-refractivity contribution < 1.29 is 19.8 Å². The van der Waals surface area contributed by atoms with E-state index in [0.717, 1.165) is 19.3 Å². The second-order valence-corrected chi connectivity index (χ2v) is 4.79. The van der Waals surface area contributed by atoms with Gasteiger partial charge in [-0.15, -0.1) is 0 Å². The van der Waals surface area contributed by atoms with Gasteiger partial charge in [0, 0.05) is 25.4 Å². The quantitative estimate of drug-likeness (QED) is 0.414. The number of aliphatic hydroxyl groups is 2. The summed E-state index contributed by atoms with van der Waals surface area (Å²) in [5.41, 5.74) is 0. The first kappa shape index (κ1) is 17.3. The molecule has 0 aliphatic carbocycles. The molecular weight excluding hydrogens is 232 g/mol. The Morgan fingerprint density at radius 2 is 1.89 bits per heavy atom. The summed E-state index contributed by atoms with van der Waals surface area (Å²) in [5, 5.41) is 18.2. The molecule has 0 saturated heterocycles. The summed E-state index contributed by atoms with van der Waals surface area (Å²) in [4.78, 5) is 22.4. The Morgan fingerprint density at radius 3 is 2.44 bits per heavy atom. The molecule has 4 heteroatoms. The van der Waals surface area contributed by atoms with E-state index >= 15 is 0 Å². The minimum atomic E-state index is -0.906. The maximum Gasteiger partial charge on any atom is 0.133 e. The normalized spacial score (nSPS) is 14.2. The number of carbonyl (C=O) groups is 2. The molecule has 0 aliphatic heterocycles. The highest BCUT2D eigenvalue weighted by Gasteiger charge is 2.20. The van der Waals surface area contributed by atoms with Crippen LogP contribution >= 0.6 is 0 Å². The van der Waals surface area contributed by atoms with Crippen LogP contribution in [0.2, 0.25) is 0 Å². The van der Waals surface area contributed by atoms with Crippen LogP contribution in [0.15, 0.2) is 0 Å². The largest absolute Gasteiger partial charge is 0.396 e. The van der Waals surface area contributed by atoms with Crippen LogP contribution in [0.25, 0.3) is 0 Å². The average molecular weight is 258 g/mol. The van der Waals surface area contributed by atoms with Crippen molar-refractivity contribution in [1.29, 1.82) is 0 Å². The van der Waals surface area contributed by atoms with Crippen LogP contribution in [-0.2, 0) is 9.59 Å². The molecule has 4 nitrogen and oxygen atoms in total. The van der Waals surface area contributed by atoms with Crippen LogP contribution in [0.3, 0.4) is 0 Å². The molecule has 0 heterocycles. The Hall–Kier alpha value is -0.740. The standard InChI is InChI=1S/C14H26O4/c1-2-3-4-5-6-7-13(17)10-12(11-16)14(18)8-9-15/h11-12,14-15,18H,2-10H2,1H3. The first-order chi connectivity index (χ1) is 8.65. The molecular formula is C14H26O4. The fraction of sp³-hybridized carbons (Fsp3) is 0.857. The molecule has 2 N–H and O–H groups in total. The van der Waals surface area contributed by atoms with E-state index in [-0.39, 0.29) is 25.2 Å². The van der Waals surface area contributed by atoms with Crippen molar-refractivity contribution in [3.05, 3.63) is 0 Å². The molecule has 0 rings (SSSR count). The third kappa shape index (κ3) is 8.37. The predicted molar refractivity (Wildman–Crippen MR) is 70.3 cm³/mol. The van der Waals surface area contributed by atoms with Crippen LogP contribution in [-0.4, -0.2) is 35.0 Å². The molecule has 0 amide bonds. The molecule has 0 spiro atoms. The Labute approximate surface area is 109 Å². The Morgan fingerprint density at radius 1 is 1.22 bits per heavy atom. The van der Waals surface area contributed by atoms with Gasteiger partial charge >= 0.3 is 0 Å². The van der Waals surface area contributed by atoms with Crippen molar-refractivity contribution in [3.63, 3.8) is 0 Å². The minimum Gasteiger partial charge on any atom is -0.396 e. The van der Waals surface area contributed by atoms with Gasteiger partial charge in [0.05, 0.1) is 6.10 Å². The lowest BCUT2D eigenvalue weighted by atomic mass is 9.94. The second-order valence-electron chi connectivity index (χ2n) is 4.79. The van der Waals surface area contributed by atoms with Crippen molar-refractivity contribution in [2.24, 2.45) is 5.92 Å². The summed E-state index contributed by atoms with van der Waals surface area (Å²) >= 11 is 0. The molecule has 18 heavy (non-hydrogen) atoms. The summed E-state index contributed by atoms with van der Waals surface area (Å²) in [7, 11) is 0. The van der Waals surface area contributed by atoms with Crippen LogP contribution in [0.4, 0.5) is 0 Å². The summed E-state index contributed by atoms with van der Waals surface area (Å²) in [6.45, 7) is 1.97. The fourth-order valence-corrected chi connectivity index (χ4v) is 1.91. The first-order valence-corrected chi connectivity index (χ1v) is 6.91. The van der Waals surface area contributed by atoms with Crippen LogP contribution in [0.5, 0.6) is 0 Å². The van der Waals surface area contributed by atoms with Gasteiger partial charge in [-0.25, -0.2) is 0 Å². The average Bonchev–Trinajstić information content (AvgIpc) is 2.36. The molecule has 106 valence electrons. The number of unbranched alkanes of at least 4 members (excludes halogenated alkanes) is 4. The number of aliphatic hydroxyl groups excluding tert-OH is 2. The SMILES string of the molecule is CCCCCCCC(=O)CC(C=O)C(O)CCO. The van der Waals surface area contributed by atoms with Gasteiger partial charge < -0.3 is 15.0 Å². The minimum absolute atomic E-state index is 0.0283. The van der Waals surface area contributed by atoms with Gasteiger partial charge in [0.15, 0.2) is 0 Å². The summed E-state index contributed by atoms with van der Waals surface area (Å²) < 4.78 is 0. The van der Waals surface area contributed by atoms with E-state index < -0.39 is 12.0 Å². The van der Waals surface area contributed by atoms with Crippen molar-refractivity contribution in [2.75, 3.05) is 6.61 Å². The van der Waals surface area contributed by atoms with Gasteiger partial charge in [0.2, 0.25) is 0 Å². The van der Waals surface area contributed by atoms with E-state index in [1.54, 1.807) is 0 Å². The highest BCUT2D eigenvalue weighted by atomic mass is 16.3. The lowest BCUT2D eigenvalue weighted by Crippen LogP contribution is -2.25. The van der Waals surface area contributed by atoms with Crippen LogP contribution in [0.1, 0.15) is 58.3 Å². The fourth-order valence-electron chi connectivity index (χ4n) is 1.91. The monoisotopic (exact) mass is 258 g/mol. The molecule has 0 bridgehead atoms. The van der Waals surface area contributed by atoms with E-state index in [4.69, 9.17) is 5.11 Å². The smallest absolute Gasteiger partial charge is 0.133 e. The lowest BCUT2D eigenvalue weighted by molar-refractivity contribution is -0.125. The van der Waals surface area contributed by atoms with Gasteiger partial charge in [-0.05, 0) is 12.8 Å². The molecule has 0 aromatic rings. The zero-order chi connectivity index (χ0) is 13.8. The Kier molecular flexibility index (Phi) is 10.9.